The van der Waals surface area contributed by atoms with Crippen LogP contribution in [0.1, 0.15) is 16.2 Å². The van der Waals surface area contributed by atoms with Crippen LogP contribution in [0.15, 0.2) is 30.3 Å². The Balaban J connectivity index is 1.45. The molecule has 0 bridgehead atoms. The van der Waals surface area contributed by atoms with Crippen LogP contribution >= 0.6 is 11.3 Å². The first-order valence-electron chi connectivity index (χ1n) is 7.62. The summed E-state index contributed by atoms with van der Waals surface area (Å²) in [5, 5.41) is 7.91. The van der Waals surface area contributed by atoms with Gasteiger partial charge in [-0.2, -0.15) is 5.10 Å². The van der Waals surface area contributed by atoms with Crippen LogP contribution in [0.5, 0.6) is 0 Å². The van der Waals surface area contributed by atoms with Gasteiger partial charge in [0, 0.05) is 31.9 Å². The van der Waals surface area contributed by atoms with Crippen LogP contribution in [-0.4, -0.2) is 52.2 Å². The molecular formula is C16H17N5OS. The number of nitrogens with one attached hydrogen (secondary N) is 1. The van der Waals surface area contributed by atoms with Gasteiger partial charge in [-0.3, -0.25) is 9.89 Å². The van der Waals surface area contributed by atoms with Crippen LogP contribution < -0.4 is 4.90 Å². The Morgan fingerprint density at radius 2 is 2.00 bits per heavy atom. The Morgan fingerprint density at radius 3 is 2.70 bits per heavy atom. The lowest BCUT2D eigenvalue weighted by Crippen LogP contribution is -2.48. The fourth-order valence-electron chi connectivity index (χ4n) is 2.79. The average molecular weight is 327 g/mol. The standard InChI is InChI=1S/C16H17N5OS/c1-11-10-13(19-18-11)15(22)20-6-8-21(9-7-20)16-17-12-4-2-3-5-14(12)23-16/h2-5,10H,6-9H2,1H3,(H,18,19). The molecule has 3 aromatic rings. The van der Waals surface area contributed by atoms with E-state index >= 15 is 0 Å². The van der Waals surface area contributed by atoms with Crippen molar-refractivity contribution in [2.75, 3.05) is 31.1 Å². The van der Waals surface area contributed by atoms with E-state index in [2.05, 4.69) is 21.2 Å². The maximum absolute atomic E-state index is 12.4. The van der Waals surface area contributed by atoms with E-state index < -0.39 is 0 Å². The van der Waals surface area contributed by atoms with Gasteiger partial charge >= 0.3 is 0 Å². The van der Waals surface area contributed by atoms with Crippen molar-refractivity contribution < 1.29 is 4.79 Å². The molecule has 1 aliphatic heterocycles. The lowest BCUT2D eigenvalue weighted by molar-refractivity contribution is 0.0741. The Labute approximate surface area is 137 Å². The lowest BCUT2D eigenvalue weighted by atomic mass is 10.2. The molecule has 1 aromatic carbocycles. The molecule has 0 spiro atoms. The second-order valence-electron chi connectivity index (χ2n) is 5.68. The summed E-state index contributed by atoms with van der Waals surface area (Å²) in [7, 11) is 0. The van der Waals surface area contributed by atoms with E-state index in [9.17, 15) is 4.79 Å². The van der Waals surface area contributed by atoms with E-state index in [0.29, 0.717) is 18.8 Å². The highest BCUT2D eigenvalue weighted by molar-refractivity contribution is 7.22. The maximum atomic E-state index is 12.4. The number of thiazole rings is 1. The van der Waals surface area contributed by atoms with Gasteiger partial charge in [0.15, 0.2) is 5.13 Å². The zero-order chi connectivity index (χ0) is 15.8. The number of H-pyrrole nitrogens is 1. The molecule has 23 heavy (non-hydrogen) atoms. The summed E-state index contributed by atoms with van der Waals surface area (Å²) in [6.07, 6.45) is 0. The van der Waals surface area contributed by atoms with E-state index in [-0.39, 0.29) is 5.91 Å². The predicted molar refractivity (Wildman–Crippen MR) is 91.1 cm³/mol. The third-order valence-electron chi connectivity index (χ3n) is 4.05. The fraction of sp³-hybridized carbons (Fsp3) is 0.312. The zero-order valence-electron chi connectivity index (χ0n) is 12.8. The minimum Gasteiger partial charge on any atom is -0.345 e. The summed E-state index contributed by atoms with van der Waals surface area (Å²) in [4.78, 5) is 21.2. The summed E-state index contributed by atoms with van der Waals surface area (Å²) in [6, 6.07) is 9.97. The molecule has 1 amide bonds. The number of aromatic nitrogens is 3. The van der Waals surface area contributed by atoms with Gasteiger partial charge in [0.1, 0.15) is 5.69 Å². The van der Waals surface area contributed by atoms with Gasteiger partial charge < -0.3 is 9.80 Å². The first kappa shape index (κ1) is 14.2. The molecular weight excluding hydrogens is 310 g/mol. The first-order valence-corrected chi connectivity index (χ1v) is 8.44. The largest absolute Gasteiger partial charge is 0.345 e. The molecule has 1 fully saturated rings. The molecule has 118 valence electrons. The summed E-state index contributed by atoms with van der Waals surface area (Å²) in [5.41, 5.74) is 2.44. The smallest absolute Gasteiger partial charge is 0.274 e. The maximum Gasteiger partial charge on any atom is 0.274 e. The van der Waals surface area contributed by atoms with E-state index in [1.807, 2.05) is 30.0 Å². The molecule has 7 heteroatoms. The number of anilines is 1. The van der Waals surface area contributed by atoms with Crippen molar-refractivity contribution in [3.63, 3.8) is 0 Å². The average Bonchev–Trinajstić information content (AvgIpc) is 3.20. The Kier molecular flexibility index (Phi) is 3.49. The minimum absolute atomic E-state index is 0.00157. The van der Waals surface area contributed by atoms with Crippen LogP contribution in [0.4, 0.5) is 5.13 Å². The zero-order valence-corrected chi connectivity index (χ0v) is 13.6. The molecule has 1 saturated heterocycles. The van der Waals surface area contributed by atoms with Crippen molar-refractivity contribution >= 4 is 32.6 Å². The third-order valence-corrected chi connectivity index (χ3v) is 5.14. The number of carbonyl (C=O) groups is 1. The van der Waals surface area contributed by atoms with Crippen LogP contribution in [0.25, 0.3) is 10.2 Å². The summed E-state index contributed by atoms with van der Waals surface area (Å²) in [6.45, 7) is 4.89. The predicted octanol–water partition coefficient (Wildman–Crippen LogP) is 2.29. The molecule has 0 aliphatic carbocycles. The Hall–Kier alpha value is -2.41. The lowest BCUT2D eigenvalue weighted by Gasteiger charge is -2.34. The first-order chi connectivity index (χ1) is 11.2. The van der Waals surface area contributed by atoms with E-state index in [4.69, 9.17) is 4.98 Å². The number of piperazine rings is 1. The van der Waals surface area contributed by atoms with Gasteiger partial charge in [-0.05, 0) is 25.1 Å². The number of benzene rings is 1. The Bertz CT molecular complexity index is 814. The van der Waals surface area contributed by atoms with Gasteiger partial charge in [0.05, 0.1) is 10.2 Å². The van der Waals surface area contributed by atoms with Gasteiger partial charge in [0.25, 0.3) is 5.91 Å². The SMILES string of the molecule is Cc1cc(C(=O)N2CCN(c3nc4ccccc4s3)CC2)n[nH]1. The normalized spacial score (nSPS) is 15.3. The third kappa shape index (κ3) is 2.68. The fourth-order valence-corrected chi connectivity index (χ4v) is 3.80. The molecule has 4 rings (SSSR count). The van der Waals surface area contributed by atoms with Crippen molar-refractivity contribution in [2.45, 2.75) is 6.92 Å². The van der Waals surface area contributed by atoms with Gasteiger partial charge in [-0.15, -0.1) is 0 Å². The van der Waals surface area contributed by atoms with Gasteiger partial charge in [-0.25, -0.2) is 4.98 Å². The highest BCUT2D eigenvalue weighted by Gasteiger charge is 2.25. The summed E-state index contributed by atoms with van der Waals surface area (Å²) >= 11 is 1.71. The number of hydrogen-bond acceptors (Lipinski definition) is 5. The Morgan fingerprint density at radius 1 is 1.22 bits per heavy atom. The molecule has 0 saturated carbocycles. The molecule has 3 heterocycles. The number of nitrogens with zero attached hydrogens (tertiary/aromatic N) is 4. The highest BCUT2D eigenvalue weighted by Crippen LogP contribution is 2.29. The van der Waals surface area contributed by atoms with Crippen LogP contribution in [0.3, 0.4) is 0 Å². The van der Waals surface area contributed by atoms with Crippen LogP contribution in [0, 0.1) is 6.92 Å². The van der Waals surface area contributed by atoms with Crippen molar-refractivity contribution in [2.24, 2.45) is 0 Å². The number of para-hydroxylation sites is 1. The van der Waals surface area contributed by atoms with Crippen LogP contribution in [0.2, 0.25) is 0 Å². The quantitative estimate of drug-likeness (QED) is 0.784. The second kappa shape index (κ2) is 5.66. The van der Waals surface area contributed by atoms with E-state index in [1.165, 1.54) is 4.70 Å². The molecule has 2 aromatic heterocycles. The molecule has 1 aliphatic rings. The number of fused-ring (bicyclic) bond motifs is 1. The molecule has 0 radical (unpaired) electrons. The van der Waals surface area contributed by atoms with Crippen molar-refractivity contribution in [3.05, 3.63) is 41.7 Å². The van der Waals surface area contributed by atoms with Crippen molar-refractivity contribution in [1.82, 2.24) is 20.1 Å². The molecule has 1 N–H and O–H groups in total. The number of carbonyl (C=O) groups excluding carboxylic acids is 1. The van der Waals surface area contributed by atoms with Crippen molar-refractivity contribution in [3.8, 4) is 0 Å². The van der Waals surface area contributed by atoms with Crippen molar-refractivity contribution in [1.29, 1.82) is 0 Å². The van der Waals surface area contributed by atoms with Gasteiger partial charge in [-0.1, -0.05) is 23.5 Å². The second-order valence-corrected chi connectivity index (χ2v) is 6.69. The van der Waals surface area contributed by atoms with Gasteiger partial charge in [0.2, 0.25) is 0 Å². The summed E-state index contributed by atoms with van der Waals surface area (Å²) < 4.78 is 1.20. The molecule has 6 nitrogen and oxygen atoms in total. The number of rotatable bonds is 2. The minimum atomic E-state index is -0.00157. The van der Waals surface area contributed by atoms with E-state index in [1.54, 1.807) is 17.4 Å². The number of hydrogen-bond donors (Lipinski definition) is 1. The van der Waals surface area contributed by atoms with E-state index in [0.717, 1.165) is 29.4 Å². The van der Waals surface area contributed by atoms with Crippen LogP contribution in [-0.2, 0) is 0 Å². The number of amides is 1. The summed E-state index contributed by atoms with van der Waals surface area (Å²) in [5.74, 6) is -0.00157. The number of aromatic amines is 1. The molecule has 0 atom stereocenters. The highest BCUT2D eigenvalue weighted by atomic mass is 32.1. The monoisotopic (exact) mass is 327 g/mol. The topological polar surface area (TPSA) is 65.1 Å². The molecule has 0 unspecified atom stereocenters. The number of aryl methyl sites for hydroxylation is 1.